The number of nitrogens with one attached hydrogen (secondary N) is 3. The summed E-state index contributed by atoms with van der Waals surface area (Å²) < 4.78 is 11.6. The first-order chi connectivity index (χ1) is 14.7. The van der Waals surface area contributed by atoms with Gasteiger partial charge >= 0.3 is 0 Å². The Hall–Kier alpha value is -2.26. The summed E-state index contributed by atoms with van der Waals surface area (Å²) >= 11 is 0. The van der Waals surface area contributed by atoms with E-state index in [-0.39, 0.29) is 24.0 Å². The van der Waals surface area contributed by atoms with Gasteiger partial charge in [0, 0.05) is 42.9 Å². The maximum Gasteiger partial charge on any atom is 0.191 e. The molecule has 1 atom stereocenters. The number of guanidine groups is 1. The average Bonchev–Trinajstić information content (AvgIpc) is 3.42. The van der Waals surface area contributed by atoms with Gasteiger partial charge in [0.1, 0.15) is 5.75 Å². The zero-order chi connectivity index (χ0) is 20.8. The molecule has 0 amide bonds. The topological polar surface area (TPSA) is 70.7 Å². The summed E-state index contributed by atoms with van der Waals surface area (Å²) in [6.45, 7) is 5.74. The van der Waals surface area contributed by atoms with Gasteiger partial charge in [0.15, 0.2) is 5.96 Å². The largest absolute Gasteiger partial charge is 0.493 e. The van der Waals surface area contributed by atoms with Crippen LogP contribution in [0.2, 0.25) is 0 Å². The number of hydrogen-bond donors (Lipinski definition) is 3. The summed E-state index contributed by atoms with van der Waals surface area (Å²) in [5, 5.41) is 7.99. The normalized spacial score (nSPS) is 16.2. The molecule has 1 aliphatic heterocycles. The third-order valence-electron chi connectivity index (χ3n) is 5.42. The van der Waals surface area contributed by atoms with Crippen LogP contribution in [0.4, 0.5) is 0 Å². The van der Waals surface area contributed by atoms with Crippen LogP contribution in [0.1, 0.15) is 23.2 Å². The molecule has 0 radical (unpaired) electrons. The summed E-state index contributed by atoms with van der Waals surface area (Å²) in [5.74, 6) is 2.17. The molecule has 3 aromatic rings. The van der Waals surface area contributed by atoms with Crippen LogP contribution in [-0.2, 0) is 17.8 Å². The number of para-hydroxylation sites is 1. The monoisotopic (exact) mass is 534 g/mol. The lowest BCUT2D eigenvalue weighted by molar-refractivity contribution is 0.166. The number of H-pyrrole nitrogens is 1. The van der Waals surface area contributed by atoms with E-state index in [2.05, 4.69) is 70.0 Å². The summed E-state index contributed by atoms with van der Waals surface area (Å²) in [5.41, 5.74) is 4.58. The molecule has 4 rings (SSSR count). The second kappa shape index (κ2) is 11.4. The molecule has 3 N–H and O–H groups in total. The molecule has 0 spiro atoms. The van der Waals surface area contributed by atoms with Gasteiger partial charge in [-0.1, -0.05) is 30.3 Å². The second-order valence-corrected chi connectivity index (χ2v) is 7.81. The Morgan fingerprint density at radius 2 is 2.00 bits per heavy atom. The first kappa shape index (κ1) is 23.4. The molecule has 6 nitrogen and oxygen atoms in total. The standard InChI is InChI=1S/C24H30N4O2.HI/c1-17-7-8-20(23(11-17)30-16-18-9-10-29-15-18)13-26-24(25-2)27-14-21-12-19-5-3-4-6-22(19)28-21;/h3-8,11-12,18,28H,9-10,13-16H2,1-2H3,(H2,25,26,27);1H. The van der Waals surface area contributed by atoms with Gasteiger partial charge in [0.05, 0.1) is 19.8 Å². The number of rotatable bonds is 7. The van der Waals surface area contributed by atoms with Crippen molar-refractivity contribution in [2.75, 3.05) is 26.9 Å². The molecule has 1 aromatic heterocycles. The van der Waals surface area contributed by atoms with E-state index >= 15 is 0 Å². The van der Waals surface area contributed by atoms with Gasteiger partial charge in [-0.2, -0.15) is 0 Å². The van der Waals surface area contributed by atoms with Crippen molar-refractivity contribution in [3.8, 4) is 5.75 Å². The number of ether oxygens (including phenoxy) is 2. The van der Waals surface area contributed by atoms with Gasteiger partial charge < -0.3 is 25.1 Å². The highest BCUT2D eigenvalue weighted by Gasteiger charge is 2.17. The van der Waals surface area contributed by atoms with Crippen molar-refractivity contribution < 1.29 is 9.47 Å². The number of aryl methyl sites for hydroxylation is 1. The molecule has 7 heteroatoms. The fourth-order valence-electron chi connectivity index (χ4n) is 3.67. The SMILES string of the molecule is CN=C(NCc1cc2ccccc2[nH]1)NCc1ccc(C)cc1OCC1CCOC1.I. The van der Waals surface area contributed by atoms with Gasteiger partial charge in [0.2, 0.25) is 0 Å². The van der Waals surface area contributed by atoms with Crippen LogP contribution < -0.4 is 15.4 Å². The molecule has 0 saturated carbocycles. The first-order valence-corrected chi connectivity index (χ1v) is 10.5. The summed E-state index contributed by atoms with van der Waals surface area (Å²) in [7, 11) is 1.78. The van der Waals surface area contributed by atoms with Crippen molar-refractivity contribution in [3.05, 3.63) is 65.4 Å². The van der Waals surface area contributed by atoms with Crippen molar-refractivity contribution in [1.29, 1.82) is 0 Å². The third-order valence-corrected chi connectivity index (χ3v) is 5.42. The number of aromatic amines is 1. The van der Waals surface area contributed by atoms with Crippen LogP contribution >= 0.6 is 24.0 Å². The fourth-order valence-corrected chi connectivity index (χ4v) is 3.67. The highest BCUT2D eigenvalue weighted by Crippen LogP contribution is 2.22. The van der Waals surface area contributed by atoms with Gasteiger partial charge in [-0.25, -0.2) is 0 Å². The minimum atomic E-state index is 0. The maximum absolute atomic E-state index is 6.15. The number of fused-ring (bicyclic) bond motifs is 1. The Labute approximate surface area is 200 Å². The van der Waals surface area contributed by atoms with E-state index in [1.165, 1.54) is 10.9 Å². The van der Waals surface area contributed by atoms with Crippen molar-refractivity contribution in [2.45, 2.75) is 26.4 Å². The molecule has 166 valence electrons. The van der Waals surface area contributed by atoms with Crippen molar-refractivity contribution >= 4 is 40.8 Å². The molecular weight excluding hydrogens is 503 g/mol. The second-order valence-electron chi connectivity index (χ2n) is 7.81. The lowest BCUT2D eigenvalue weighted by Crippen LogP contribution is -2.36. The number of nitrogens with zero attached hydrogens (tertiary/aromatic N) is 1. The smallest absolute Gasteiger partial charge is 0.191 e. The minimum absolute atomic E-state index is 0. The Balaban J connectivity index is 0.00000272. The van der Waals surface area contributed by atoms with Gasteiger partial charge in [0.25, 0.3) is 0 Å². The number of aliphatic imine (C=N–C) groups is 1. The highest BCUT2D eigenvalue weighted by atomic mass is 127. The van der Waals surface area contributed by atoms with Crippen LogP contribution in [0.5, 0.6) is 5.75 Å². The molecule has 1 unspecified atom stereocenters. The first-order valence-electron chi connectivity index (χ1n) is 10.5. The molecule has 1 fully saturated rings. The Morgan fingerprint density at radius 3 is 2.77 bits per heavy atom. The average molecular weight is 534 g/mol. The molecular formula is C24H31IN4O2. The summed E-state index contributed by atoms with van der Waals surface area (Å²) in [4.78, 5) is 7.78. The highest BCUT2D eigenvalue weighted by molar-refractivity contribution is 14.0. The number of benzene rings is 2. The zero-order valence-corrected chi connectivity index (χ0v) is 20.4. The molecule has 2 aromatic carbocycles. The lowest BCUT2D eigenvalue weighted by Gasteiger charge is -2.17. The van der Waals surface area contributed by atoms with E-state index in [0.29, 0.717) is 25.6 Å². The summed E-state index contributed by atoms with van der Waals surface area (Å²) in [6.07, 6.45) is 1.07. The number of halogens is 1. The lowest BCUT2D eigenvalue weighted by atomic mass is 10.1. The van der Waals surface area contributed by atoms with Crippen molar-refractivity contribution in [1.82, 2.24) is 15.6 Å². The fraction of sp³-hybridized carbons (Fsp3) is 0.375. The van der Waals surface area contributed by atoms with Gasteiger partial charge in [-0.05, 0) is 42.5 Å². The molecule has 1 aliphatic rings. The summed E-state index contributed by atoms with van der Waals surface area (Å²) in [6, 6.07) is 16.8. The third kappa shape index (κ3) is 6.36. The van der Waals surface area contributed by atoms with E-state index in [1.54, 1.807) is 7.05 Å². The molecule has 1 saturated heterocycles. The van der Waals surface area contributed by atoms with E-state index < -0.39 is 0 Å². The Kier molecular flexibility index (Phi) is 8.60. The number of aromatic nitrogens is 1. The van der Waals surface area contributed by atoms with Crippen molar-refractivity contribution in [2.24, 2.45) is 10.9 Å². The zero-order valence-electron chi connectivity index (χ0n) is 18.1. The number of hydrogen-bond acceptors (Lipinski definition) is 3. The van der Waals surface area contributed by atoms with Crippen LogP contribution in [0, 0.1) is 12.8 Å². The van der Waals surface area contributed by atoms with E-state index in [4.69, 9.17) is 9.47 Å². The van der Waals surface area contributed by atoms with Crippen LogP contribution in [0.3, 0.4) is 0 Å². The van der Waals surface area contributed by atoms with Gasteiger partial charge in [-0.15, -0.1) is 24.0 Å². The predicted molar refractivity (Wildman–Crippen MR) is 136 cm³/mol. The maximum atomic E-state index is 6.15. The van der Waals surface area contributed by atoms with Crippen LogP contribution in [0.15, 0.2) is 53.5 Å². The minimum Gasteiger partial charge on any atom is -0.493 e. The molecule has 0 aliphatic carbocycles. The Bertz CT molecular complexity index is 979. The molecule has 2 heterocycles. The van der Waals surface area contributed by atoms with Crippen LogP contribution in [0.25, 0.3) is 10.9 Å². The predicted octanol–water partition coefficient (Wildman–Crippen LogP) is 4.37. The van der Waals surface area contributed by atoms with E-state index in [9.17, 15) is 0 Å². The molecule has 31 heavy (non-hydrogen) atoms. The quantitative estimate of drug-likeness (QED) is 0.239. The van der Waals surface area contributed by atoms with E-state index in [1.807, 2.05) is 6.07 Å². The van der Waals surface area contributed by atoms with E-state index in [0.717, 1.165) is 48.1 Å². The van der Waals surface area contributed by atoms with Crippen LogP contribution in [-0.4, -0.2) is 37.8 Å². The molecule has 0 bridgehead atoms. The van der Waals surface area contributed by atoms with Gasteiger partial charge in [-0.3, -0.25) is 4.99 Å². The van der Waals surface area contributed by atoms with Crippen molar-refractivity contribution in [3.63, 3.8) is 0 Å². The Morgan fingerprint density at radius 1 is 1.16 bits per heavy atom.